The number of aliphatic imine (C=N–C) groups is 1. The van der Waals surface area contributed by atoms with Crippen molar-refractivity contribution in [1.29, 1.82) is 0 Å². The Bertz CT molecular complexity index is 318. The molecule has 0 aromatic heterocycles. The number of alkyl halides is 1. The molecule has 0 saturated carbocycles. The number of benzene rings is 1. The number of rotatable bonds is 2. The predicted octanol–water partition coefficient (Wildman–Crippen LogP) is 3.75. The first-order valence-electron chi connectivity index (χ1n) is 5.10. The Hall–Kier alpha value is -0.630. The van der Waals surface area contributed by atoms with E-state index < -0.39 is 0 Å². The van der Waals surface area contributed by atoms with Gasteiger partial charge in [0, 0.05) is 12.3 Å². The summed E-state index contributed by atoms with van der Waals surface area (Å²) in [6.45, 7) is 1.00. The van der Waals surface area contributed by atoms with Crippen molar-refractivity contribution in [1.82, 2.24) is 0 Å². The minimum atomic E-state index is 0.323. The molecule has 0 bridgehead atoms. The van der Waals surface area contributed by atoms with Crippen LogP contribution < -0.4 is 0 Å². The Morgan fingerprint density at radius 3 is 2.57 bits per heavy atom. The van der Waals surface area contributed by atoms with Gasteiger partial charge in [-0.25, -0.2) is 0 Å². The smallest absolute Gasteiger partial charge is 0.0773 e. The van der Waals surface area contributed by atoms with E-state index in [1.807, 2.05) is 6.07 Å². The lowest BCUT2D eigenvalue weighted by molar-refractivity contribution is 0.729. The van der Waals surface area contributed by atoms with Gasteiger partial charge >= 0.3 is 0 Å². The highest BCUT2D eigenvalue weighted by Gasteiger charge is 2.15. The van der Waals surface area contributed by atoms with Gasteiger partial charge in [0.15, 0.2) is 0 Å². The second-order valence-corrected chi connectivity index (χ2v) is 4.52. The Morgan fingerprint density at radius 1 is 1.14 bits per heavy atom. The summed E-state index contributed by atoms with van der Waals surface area (Å²) >= 11 is 3.72. The van der Waals surface area contributed by atoms with Crippen LogP contribution >= 0.6 is 15.9 Å². The van der Waals surface area contributed by atoms with Crippen LogP contribution in [-0.2, 0) is 0 Å². The average molecular weight is 252 g/mol. The monoisotopic (exact) mass is 251 g/mol. The highest BCUT2D eigenvalue weighted by atomic mass is 79.9. The van der Waals surface area contributed by atoms with Crippen LogP contribution in [0.2, 0.25) is 0 Å². The van der Waals surface area contributed by atoms with E-state index in [1.54, 1.807) is 0 Å². The molecule has 0 aliphatic carbocycles. The minimum Gasteiger partial charge on any atom is -0.293 e. The predicted molar refractivity (Wildman–Crippen MR) is 64.3 cm³/mol. The van der Waals surface area contributed by atoms with Crippen molar-refractivity contribution in [3.8, 4) is 0 Å². The van der Waals surface area contributed by atoms with Crippen molar-refractivity contribution >= 4 is 21.6 Å². The number of hydrogen-bond donors (Lipinski definition) is 0. The van der Waals surface area contributed by atoms with Crippen LogP contribution in [0.5, 0.6) is 0 Å². The summed E-state index contributed by atoms with van der Waals surface area (Å²) < 4.78 is 0. The third-order valence-corrected chi connectivity index (χ3v) is 3.60. The Balaban J connectivity index is 2.15. The van der Waals surface area contributed by atoms with E-state index in [2.05, 4.69) is 45.2 Å². The van der Waals surface area contributed by atoms with Gasteiger partial charge in [-0.2, -0.15) is 0 Å². The van der Waals surface area contributed by atoms with E-state index in [9.17, 15) is 0 Å². The van der Waals surface area contributed by atoms with Crippen molar-refractivity contribution in [2.75, 3.05) is 6.54 Å². The van der Waals surface area contributed by atoms with E-state index in [4.69, 9.17) is 0 Å². The van der Waals surface area contributed by atoms with Crippen molar-refractivity contribution in [3.63, 3.8) is 0 Å². The number of nitrogens with zero attached hydrogens (tertiary/aromatic N) is 1. The van der Waals surface area contributed by atoms with E-state index in [1.165, 1.54) is 24.1 Å². The molecule has 1 atom stereocenters. The van der Waals surface area contributed by atoms with Crippen LogP contribution in [0.15, 0.2) is 35.3 Å². The maximum atomic E-state index is 4.58. The molecule has 1 heterocycles. The molecule has 0 N–H and O–H groups in total. The zero-order chi connectivity index (χ0) is 9.80. The topological polar surface area (TPSA) is 12.4 Å². The van der Waals surface area contributed by atoms with E-state index in [0.717, 1.165) is 13.0 Å². The summed E-state index contributed by atoms with van der Waals surface area (Å²) in [5.74, 6) is 0. The molecule has 0 fully saturated rings. The van der Waals surface area contributed by atoms with Crippen molar-refractivity contribution in [3.05, 3.63) is 35.9 Å². The van der Waals surface area contributed by atoms with Crippen LogP contribution in [0, 0.1) is 0 Å². The molecule has 74 valence electrons. The Morgan fingerprint density at radius 2 is 1.93 bits per heavy atom. The normalized spacial score (nSPS) is 18.8. The molecule has 1 aromatic rings. The summed E-state index contributed by atoms with van der Waals surface area (Å²) in [5, 5.41) is 0. The van der Waals surface area contributed by atoms with Crippen LogP contribution in [-0.4, -0.2) is 12.3 Å². The molecule has 0 saturated heterocycles. The summed E-state index contributed by atoms with van der Waals surface area (Å²) in [6.07, 6.45) is 3.68. The van der Waals surface area contributed by atoms with Crippen molar-refractivity contribution in [2.45, 2.75) is 24.1 Å². The molecule has 1 aromatic carbocycles. The third-order valence-electron chi connectivity index (χ3n) is 2.54. The lowest BCUT2D eigenvalue weighted by Gasteiger charge is -2.17. The Kier molecular flexibility index (Phi) is 3.35. The van der Waals surface area contributed by atoms with Gasteiger partial charge in [0.05, 0.1) is 4.83 Å². The van der Waals surface area contributed by atoms with Crippen LogP contribution in [0.3, 0.4) is 0 Å². The minimum absolute atomic E-state index is 0.323. The maximum absolute atomic E-state index is 4.58. The molecule has 2 rings (SSSR count). The highest BCUT2D eigenvalue weighted by molar-refractivity contribution is 9.09. The second kappa shape index (κ2) is 4.74. The van der Waals surface area contributed by atoms with Gasteiger partial charge in [-0.1, -0.05) is 46.3 Å². The van der Waals surface area contributed by atoms with Gasteiger partial charge in [-0.05, 0) is 24.8 Å². The lowest BCUT2D eigenvalue weighted by atomic mass is 10.0. The summed E-state index contributed by atoms with van der Waals surface area (Å²) in [4.78, 5) is 4.90. The molecule has 1 nitrogen and oxygen atoms in total. The van der Waals surface area contributed by atoms with E-state index in [0.29, 0.717) is 4.83 Å². The molecule has 1 aliphatic heterocycles. The zero-order valence-corrected chi connectivity index (χ0v) is 9.70. The third kappa shape index (κ3) is 2.24. The SMILES string of the molecule is BrC(C1=NCCCC1)c1ccccc1. The molecule has 14 heavy (non-hydrogen) atoms. The summed E-state index contributed by atoms with van der Waals surface area (Å²) in [5.41, 5.74) is 2.62. The first-order chi connectivity index (χ1) is 6.88. The molecule has 0 radical (unpaired) electrons. The lowest BCUT2D eigenvalue weighted by Crippen LogP contribution is -2.11. The van der Waals surface area contributed by atoms with Gasteiger partial charge in [0.25, 0.3) is 0 Å². The number of halogens is 1. The van der Waals surface area contributed by atoms with E-state index >= 15 is 0 Å². The first-order valence-corrected chi connectivity index (χ1v) is 6.02. The quantitative estimate of drug-likeness (QED) is 0.711. The van der Waals surface area contributed by atoms with Crippen LogP contribution in [0.25, 0.3) is 0 Å². The van der Waals surface area contributed by atoms with E-state index in [-0.39, 0.29) is 0 Å². The van der Waals surface area contributed by atoms with Gasteiger partial charge < -0.3 is 0 Å². The van der Waals surface area contributed by atoms with Gasteiger partial charge in [-0.3, -0.25) is 4.99 Å². The molecule has 2 heteroatoms. The molecule has 1 unspecified atom stereocenters. The fraction of sp³-hybridized carbons (Fsp3) is 0.417. The molecule has 0 amide bonds. The second-order valence-electron chi connectivity index (χ2n) is 3.60. The van der Waals surface area contributed by atoms with Crippen LogP contribution in [0.4, 0.5) is 0 Å². The Labute approximate surface area is 93.4 Å². The summed E-state index contributed by atoms with van der Waals surface area (Å²) in [7, 11) is 0. The molecule has 1 aliphatic rings. The first kappa shape index (κ1) is 9.91. The molecular formula is C12H14BrN. The summed E-state index contributed by atoms with van der Waals surface area (Å²) in [6, 6.07) is 10.5. The maximum Gasteiger partial charge on any atom is 0.0773 e. The average Bonchev–Trinajstić information content (AvgIpc) is 2.30. The largest absolute Gasteiger partial charge is 0.293 e. The standard InChI is InChI=1S/C12H14BrN/c13-12(10-6-2-1-3-7-10)11-8-4-5-9-14-11/h1-3,6-7,12H,4-5,8-9H2. The van der Waals surface area contributed by atoms with Crippen molar-refractivity contribution < 1.29 is 0 Å². The van der Waals surface area contributed by atoms with Gasteiger partial charge in [0.2, 0.25) is 0 Å². The highest BCUT2D eigenvalue weighted by Crippen LogP contribution is 2.28. The number of hydrogen-bond acceptors (Lipinski definition) is 1. The molecular weight excluding hydrogens is 238 g/mol. The van der Waals surface area contributed by atoms with Crippen LogP contribution in [0.1, 0.15) is 29.7 Å². The van der Waals surface area contributed by atoms with Crippen molar-refractivity contribution in [2.24, 2.45) is 4.99 Å². The fourth-order valence-electron chi connectivity index (χ4n) is 1.74. The molecule has 0 spiro atoms. The fourth-order valence-corrected chi connectivity index (χ4v) is 2.42. The zero-order valence-electron chi connectivity index (χ0n) is 8.12. The van der Waals surface area contributed by atoms with Gasteiger partial charge in [0.1, 0.15) is 0 Å². The van der Waals surface area contributed by atoms with Gasteiger partial charge in [-0.15, -0.1) is 0 Å².